The molecular weight excluding hydrogens is 421 g/mol. The summed E-state index contributed by atoms with van der Waals surface area (Å²) in [6.07, 6.45) is 0. The van der Waals surface area contributed by atoms with Gasteiger partial charge >= 0.3 is 0 Å². The third-order valence-electron chi connectivity index (χ3n) is 3.44. The van der Waals surface area contributed by atoms with Crippen LogP contribution in [0.5, 0.6) is 0 Å². The molecule has 0 saturated carbocycles. The van der Waals surface area contributed by atoms with Gasteiger partial charge in [-0.05, 0) is 73.3 Å². The normalized spacial score (nSPS) is 10.2. The van der Waals surface area contributed by atoms with Crippen LogP contribution in [0.1, 0.15) is 0 Å². The Labute approximate surface area is 170 Å². The van der Waals surface area contributed by atoms with Gasteiger partial charge in [-0.25, -0.2) is 0 Å². The van der Waals surface area contributed by atoms with Crippen LogP contribution in [0, 0.1) is 28.6 Å². The molecule has 0 unspecified atom stereocenters. The van der Waals surface area contributed by atoms with E-state index in [1.807, 2.05) is 42.3 Å². The maximum atomic E-state index is 5.11. The fourth-order valence-corrected chi connectivity index (χ4v) is 3.23. The Bertz CT molecular complexity index is 841. The third-order valence-corrected chi connectivity index (χ3v) is 6.73. The molecule has 0 fully saturated rings. The molecule has 0 atom stereocenters. The summed E-state index contributed by atoms with van der Waals surface area (Å²) in [5.41, 5.74) is 0. The summed E-state index contributed by atoms with van der Waals surface area (Å²) >= 11 is 30.6. The van der Waals surface area contributed by atoms with Gasteiger partial charge in [0, 0.05) is 42.3 Å². The van der Waals surface area contributed by atoms with Crippen LogP contribution in [0.2, 0.25) is 0 Å². The van der Waals surface area contributed by atoms with Gasteiger partial charge in [-0.15, -0.1) is 0 Å². The molecule has 0 saturated heterocycles. The molecule has 0 bridgehead atoms. The van der Waals surface area contributed by atoms with Crippen molar-refractivity contribution >= 4 is 73.3 Å². The maximum Gasteiger partial charge on any atom is 0.183 e. The van der Waals surface area contributed by atoms with E-state index in [4.69, 9.17) is 73.3 Å². The highest BCUT2D eigenvalue weighted by Crippen LogP contribution is 1.97. The van der Waals surface area contributed by atoms with Crippen LogP contribution < -0.4 is 0 Å². The van der Waals surface area contributed by atoms with Crippen LogP contribution in [0.3, 0.4) is 0 Å². The largest absolute Gasteiger partial charge is 0.298 e. The van der Waals surface area contributed by atoms with Gasteiger partial charge in [0.15, 0.2) is 28.6 Å². The second-order valence-electron chi connectivity index (χ2n) is 5.05. The van der Waals surface area contributed by atoms with Crippen molar-refractivity contribution in [1.29, 1.82) is 0 Å². The fraction of sp³-hybridized carbons (Fsp3) is 0.500. The quantitative estimate of drug-likeness (QED) is 0.582. The summed E-state index contributed by atoms with van der Waals surface area (Å²) in [7, 11) is 11.0. The van der Waals surface area contributed by atoms with Crippen molar-refractivity contribution in [2.24, 2.45) is 42.3 Å². The number of hydrogen-bond acceptors (Lipinski definition) is 6. The van der Waals surface area contributed by atoms with Gasteiger partial charge in [-0.3, -0.25) is 27.4 Å². The van der Waals surface area contributed by atoms with Crippen molar-refractivity contribution in [2.75, 3.05) is 0 Å². The first-order valence-electron chi connectivity index (χ1n) is 6.59. The highest BCUT2D eigenvalue weighted by molar-refractivity contribution is 7.72. The summed E-state index contributed by atoms with van der Waals surface area (Å²) in [6, 6.07) is 0. The fourth-order valence-electron chi connectivity index (χ4n) is 1.84. The molecule has 2 heterocycles. The average Bonchev–Trinajstić information content (AvgIpc) is 2.58. The smallest absolute Gasteiger partial charge is 0.183 e. The minimum atomic E-state index is 0.642. The van der Waals surface area contributed by atoms with E-state index in [0.717, 1.165) is 0 Å². The van der Waals surface area contributed by atoms with Crippen molar-refractivity contribution in [2.45, 2.75) is 0 Å². The van der Waals surface area contributed by atoms with Crippen LogP contribution in [-0.4, -0.2) is 27.4 Å². The van der Waals surface area contributed by atoms with E-state index in [2.05, 4.69) is 0 Å². The van der Waals surface area contributed by atoms with E-state index in [-0.39, 0.29) is 0 Å². The van der Waals surface area contributed by atoms with Gasteiger partial charge in [-0.1, -0.05) is 0 Å². The summed E-state index contributed by atoms with van der Waals surface area (Å²) in [5, 5.41) is 0. The molecule has 2 aromatic rings. The predicted molar refractivity (Wildman–Crippen MR) is 112 cm³/mol. The predicted octanol–water partition coefficient (Wildman–Crippen LogP) is 3.78. The molecular formula is C12H18N6S6. The Hall–Kier alpha value is -0.660. The van der Waals surface area contributed by atoms with Crippen molar-refractivity contribution in [3.05, 3.63) is 28.6 Å². The number of nitrogens with zero attached hydrogens (tertiary/aromatic N) is 6. The standard InChI is InChI=1S/2C6H9N3S3/c2*1-7-4(10)8(2)6(12)9(3)5(7)11/h2*1-3H3. The zero-order chi connectivity index (χ0) is 18.9. The van der Waals surface area contributed by atoms with Crippen LogP contribution in [0.15, 0.2) is 0 Å². The molecule has 0 amide bonds. The van der Waals surface area contributed by atoms with Crippen molar-refractivity contribution in [1.82, 2.24) is 27.4 Å². The Kier molecular flexibility index (Phi) is 7.26. The number of hydrogen-bond donors (Lipinski definition) is 0. The molecule has 12 heteroatoms. The average molecular weight is 439 g/mol. The van der Waals surface area contributed by atoms with E-state index in [1.54, 1.807) is 27.4 Å². The Morgan fingerprint density at radius 3 is 0.500 bits per heavy atom. The van der Waals surface area contributed by atoms with Crippen molar-refractivity contribution in [3.63, 3.8) is 0 Å². The second kappa shape index (κ2) is 8.15. The van der Waals surface area contributed by atoms with E-state index < -0.39 is 0 Å². The lowest BCUT2D eigenvalue weighted by molar-refractivity contribution is 0.609. The Morgan fingerprint density at radius 2 is 0.417 bits per heavy atom. The first-order valence-corrected chi connectivity index (χ1v) is 9.04. The van der Waals surface area contributed by atoms with Crippen molar-refractivity contribution < 1.29 is 0 Å². The molecule has 0 radical (unpaired) electrons. The zero-order valence-electron chi connectivity index (χ0n) is 14.1. The lowest BCUT2D eigenvalue weighted by atomic mass is 10.8. The summed E-state index contributed by atoms with van der Waals surface area (Å²) in [6.45, 7) is 0. The van der Waals surface area contributed by atoms with E-state index in [1.165, 1.54) is 0 Å². The lowest BCUT2D eigenvalue weighted by Gasteiger charge is -2.09. The molecule has 0 aliphatic heterocycles. The SMILES string of the molecule is Cn1c(=S)n(C)c(=S)n(C)c1=S.Cn1c(=S)n(C)c(=S)n(C)c1=S. The van der Waals surface area contributed by atoms with Crippen LogP contribution in [0.4, 0.5) is 0 Å². The molecule has 132 valence electrons. The van der Waals surface area contributed by atoms with Gasteiger partial charge in [0.2, 0.25) is 0 Å². The van der Waals surface area contributed by atoms with Crippen LogP contribution >= 0.6 is 73.3 Å². The number of aromatic nitrogens is 6. The topological polar surface area (TPSA) is 29.6 Å². The molecule has 0 N–H and O–H groups in total. The highest BCUT2D eigenvalue weighted by atomic mass is 32.1. The van der Waals surface area contributed by atoms with Gasteiger partial charge in [-0.2, -0.15) is 0 Å². The summed E-state index contributed by atoms with van der Waals surface area (Å²) in [5.74, 6) is 0. The Morgan fingerprint density at radius 1 is 0.333 bits per heavy atom. The Balaban J connectivity index is 0.000000240. The van der Waals surface area contributed by atoms with Gasteiger partial charge in [0.25, 0.3) is 0 Å². The maximum absolute atomic E-state index is 5.11. The molecule has 24 heavy (non-hydrogen) atoms. The molecule has 0 aromatic carbocycles. The van der Waals surface area contributed by atoms with Gasteiger partial charge in [0.1, 0.15) is 0 Å². The molecule has 2 aromatic heterocycles. The minimum Gasteiger partial charge on any atom is -0.298 e. The van der Waals surface area contributed by atoms with Crippen LogP contribution in [-0.2, 0) is 42.3 Å². The van der Waals surface area contributed by atoms with E-state index >= 15 is 0 Å². The molecule has 0 aliphatic rings. The van der Waals surface area contributed by atoms with Gasteiger partial charge in [0.05, 0.1) is 0 Å². The first kappa shape index (κ1) is 21.4. The van der Waals surface area contributed by atoms with Crippen LogP contribution in [0.25, 0.3) is 0 Å². The molecule has 2 rings (SSSR count). The minimum absolute atomic E-state index is 0.642. The summed E-state index contributed by atoms with van der Waals surface area (Å²) < 4.78 is 14.4. The van der Waals surface area contributed by atoms with Gasteiger partial charge < -0.3 is 0 Å². The van der Waals surface area contributed by atoms with E-state index in [9.17, 15) is 0 Å². The molecule has 0 aliphatic carbocycles. The zero-order valence-corrected chi connectivity index (χ0v) is 19.0. The summed E-state index contributed by atoms with van der Waals surface area (Å²) in [4.78, 5) is 0. The first-order chi connectivity index (χ1) is 10.9. The number of rotatable bonds is 0. The third kappa shape index (κ3) is 3.94. The molecule has 0 spiro atoms. The monoisotopic (exact) mass is 438 g/mol. The van der Waals surface area contributed by atoms with Crippen molar-refractivity contribution in [3.8, 4) is 0 Å². The molecule has 6 nitrogen and oxygen atoms in total. The van der Waals surface area contributed by atoms with E-state index in [0.29, 0.717) is 28.6 Å². The second-order valence-corrected chi connectivity index (χ2v) is 7.24. The lowest BCUT2D eigenvalue weighted by Crippen LogP contribution is -2.13. The highest BCUT2D eigenvalue weighted by Gasteiger charge is 1.98.